The van der Waals surface area contributed by atoms with E-state index in [0.717, 1.165) is 24.4 Å². The fourth-order valence-corrected chi connectivity index (χ4v) is 1.58. The van der Waals surface area contributed by atoms with E-state index in [1.165, 1.54) is 0 Å². The minimum Gasteiger partial charge on any atom is -0.381 e. The Bertz CT molecular complexity index is 508. The first-order valence-electron chi connectivity index (χ1n) is 5.18. The minimum atomic E-state index is 0.449. The lowest BCUT2D eigenvalue weighted by atomic mass is 10.4. The molecule has 3 rings (SSSR count). The highest BCUT2D eigenvalue weighted by Crippen LogP contribution is 2.34. The van der Waals surface area contributed by atoms with E-state index in [9.17, 15) is 0 Å². The summed E-state index contributed by atoms with van der Waals surface area (Å²) in [5.41, 5.74) is 6.47. The molecule has 2 aromatic rings. The second-order valence-electron chi connectivity index (χ2n) is 3.99. The summed E-state index contributed by atoms with van der Waals surface area (Å²) in [5, 5.41) is 19.4. The van der Waals surface area contributed by atoms with Gasteiger partial charge in [0, 0.05) is 0 Å². The van der Waals surface area contributed by atoms with Crippen LogP contribution in [-0.4, -0.2) is 35.2 Å². The number of nitrogen functional groups attached to an aromatic ring is 1. The van der Waals surface area contributed by atoms with Crippen molar-refractivity contribution in [3.05, 3.63) is 11.5 Å². The van der Waals surface area contributed by atoms with E-state index in [0.29, 0.717) is 18.4 Å². The van der Waals surface area contributed by atoms with Gasteiger partial charge in [0.05, 0.1) is 11.7 Å². The zero-order valence-electron chi connectivity index (χ0n) is 8.91. The number of hydrogen-bond donors (Lipinski definition) is 1. The number of nitrogens with two attached hydrogens (primary N) is 1. The third kappa shape index (κ3) is 1.42. The molecule has 16 heavy (non-hydrogen) atoms. The van der Waals surface area contributed by atoms with E-state index >= 15 is 0 Å². The van der Waals surface area contributed by atoms with Gasteiger partial charge in [0.1, 0.15) is 6.54 Å². The lowest BCUT2D eigenvalue weighted by Crippen LogP contribution is -2.11. The Hall–Kier alpha value is -1.99. The van der Waals surface area contributed by atoms with E-state index in [2.05, 4.69) is 25.8 Å². The highest BCUT2D eigenvalue weighted by atomic mass is 15.6. The molecule has 0 unspecified atom stereocenters. The van der Waals surface area contributed by atoms with E-state index in [1.54, 1.807) is 4.68 Å². The van der Waals surface area contributed by atoms with Crippen molar-refractivity contribution in [2.75, 3.05) is 5.73 Å². The van der Waals surface area contributed by atoms with Crippen LogP contribution in [0, 0.1) is 6.92 Å². The van der Waals surface area contributed by atoms with Gasteiger partial charge in [-0.1, -0.05) is 5.21 Å². The van der Waals surface area contributed by atoms with Crippen molar-refractivity contribution in [3.8, 4) is 0 Å². The summed E-state index contributed by atoms with van der Waals surface area (Å²) < 4.78 is 3.57. The van der Waals surface area contributed by atoms with Crippen molar-refractivity contribution in [3.63, 3.8) is 0 Å². The highest BCUT2D eigenvalue weighted by molar-refractivity contribution is 5.31. The van der Waals surface area contributed by atoms with E-state index < -0.39 is 0 Å². The van der Waals surface area contributed by atoms with Gasteiger partial charge < -0.3 is 5.73 Å². The average molecular weight is 220 g/mol. The van der Waals surface area contributed by atoms with Crippen molar-refractivity contribution in [1.82, 2.24) is 35.2 Å². The van der Waals surface area contributed by atoms with Crippen LogP contribution in [0.25, 0.3) is 0 Å². The molecule has 1 aliphatic rings. The number of nitrogens with zero attached hydrogens (tertiary/aromatic N) is 7. The molecule has 84 valence electrons. The molecular formula is C8H12N8. The maximum Gasteiger partial charge on any atom is 0.173 e. The first-order valence-corrected chi connectivity index (χ1v) is 5.18. The van der Waals surface area contributed by atoms with Gasteiger partial charge in [-0.05, 0) is 30.2 Å². The Morgan fingerprint density at radius 1 is 1.31 bits per heavy atom. The van der Waals surface area contributed by atoms with Crippen LogP contribution < -0.4 is 5.73 Å². The molecule has 2 heterocycles. The summed E-state index contributed by atoms with van der Waals surface area (Å²) in [4.78, 5) is 0. The monoisotopic (exact) mass is 220 g/mol. The van der Waals surface area contributed by atoms with Gasteiger partial charge in [-0.2, -0.15) is 0 Å². The number of rotatable bonds is 3. The molecule has 0 aromatic carbocycles. The number of aromatic nitrogens is 7. The molecule has 0 radical (unpaired) electrons. The molecule has 0 amide bonds. The van der Waals surface area contributed by atoms with Crippen molar-refractivity contribution in [2.24, 2.45) is 0 Å². The van der Waals surface area contributed by atoms with Crippen LogP contribution in [0.15, 0.2) is 0 Å². The number of tetrazole rings is 1. The Balaban J connectivity index is 1.88. The highest BCUT2D eigenvalue weighted by Gasteiger charge is 2.28. The molecule has 0 bridgehead atoms. The number of anilines is 1. The summed E-state index contributed by atoms with van der Waals surface area (Å²) >= 11 is 0. The van der Waals surface area contributed by atoms with Crippen LogP contribution in [0.2, 0.25) is 0 Å². The fraction of sp³-hybridized carbons (Fsp3) is 0.625. The average Bonchev–Trinajstić information content (AvgIpc) is 2.95. The molecule has 1 aliphatic carbocycles. The molecule has 8 heteroatoms. The van der Waals surface area contributed by atoms with Gasteiger partial charge in [0.25, 0.3) is 0 Å². The molecule has 8 nitrogen and oxygen atoms in total. The van der Waals surface area contributed by atoms with Crippen LogP contribution in [0.3, 0.4) is 0 Å². The maximum atomic E-state index is 5.63. The maximum absolute atomic E-state index is 5.63. The summed E-state index contributed by atoms with van der Waals surface area (Å²) in [6, 6.07) is 0.464. The minimum absolute atomic E-state index is 0.449. The lowest BCUT2D eigenvalue weighted by Gasteiger charge is -2.03. The Morgan fingerprint density at radius 2 is 2.12 bits per heavy atom. The van der Waals surface area contributed by atoms with Crippen LogP contribution in [0.1, 0.15) is 30.4 Å². The third-order valence-corrected chi connectivity index (χ3v) is 2.76. The Morgan fingerprint density at radius 3 is 2.75 bits per heavy atom. The lowest BCUT2D eigenvalue weighted by molar-refractivity contribution is 0.537. The van der Waals surface area contributed by atoms with E-state index in [-0.39, 0.29) is 0 Å². The molecule has 0 saturated heterocycles. The first kappa shape index (κ1) is 9.25. The largest absolute Gasteiger partial charge is 0.381 e. The normalized spacial score (nSPS) is 15.6. The van der Waals surface area contributed by atoms with Crippen molar-refractivity contribution >= 4 is 5.82 Å². The number of hydrogen-bond acceptors (Lipinski definition) is 6. The molecule has 1 fully saturated rings. The third-order valence-electron chi connectivity index (χ3n) is 2.76. The topological polar surface area (TPSA) is 100 Å². The van der Waals surface area contributed by atoms with Gasteiger partial charge >= 0.3 is 0 Å². The zero-order chi connectivity index (χ0) is 11.1. The standard InChI is InChI=1S/C8H12N8/c1-5-8(9)11-13-15(5)4-7-10-12-14-16(7)6-2-3-6/h6H,2-4,9H2,1H3. The predicted molar refractivity (Wildman–Crippen MR) is 54.4 cm³/mol. The van der Waals surface area contributed by atoms with Crippen LogP contribution in [-0.2, 0) is 6.54 Å². The summed E-state index contributed by atoms with van der Waals surface area (Å²) in [5.74, 6) is 1.25. The molecule has 2 aromatic heterocycles. The molecular weight excluding hydrogens is 208 g/mol. The van der Waals surface area contributed by atoms with Crippen molar-refractivity contribution in [1.29, 1.82) is 0 Å². The van der Waals surface area contributed by atoms with Crippen molar-refractivity contribution < 1.29 is 0 Å². The van der Waals surface area contributed by atoms with E-state index in [1.807, 2.05) is 11.6 Å². The zero-order valence-corrected chi connectivity index (χ0v) is 8.91. The fourth-order valence-electron chi connectivity index (χ4n) is 1.58. The van der Waals surface area contributed by atoms with Crippen LogP contribution in [0.5, 0.6) is 0 Å². The van der Waals surface area contributed by atoms with Crippen molar-refractivity contribution in [2.45, 2.75) is 32.4 Å². The molecule has 1 saturated carbocycles. The summed E-state index contributed by atoms with van der Waals surface area (Å²) in [6.45, 7) is 2.39. The SMILES string of the molecule is Cc1c(N)nnn1Cc1nnnn1C1CC1. The van der Waals surface area contributed by atoms with Gasteiger partial charge in [-0.3, -0.25) is 0 Å². The van der Waals surface area contributed by atoms with E-state index in [4.69, 9.17) is 5.73 Å². The van der Waals surface area contributed by atoms with Gasteiger partial charge in [-0.15, -0.1) is 10.2 Å². The van der Waals surface area contributed by atoms with Gasteiger partial charge in [-0.25, -0.2) is 9.36 Å². The Kier molecular flexibility index (Phi) is 1.88. The molecule has 0 atom stereocenters. The van der Waals surface area contributed by atoms with Gasteiger partial charge in [0.15, 0.2) is 11.6 Å². The van der Waals surface area contributed by atoms with Gasteiger partial charge in [0.2, 0.25) is 0 Å². The second-order valence-corrected chi connectivity index (χ2v) is 3.99. The first-order chi connectivity index (χ1) is 7.75. The summed E-state index contributed by atoms with van der Waals surface area (Å²) in [6.07, 6.45) is 2.30. The summed E-state index contributed by atoms with van der Waals surface area (Å²) in [7, 11) is 0. The molecule has 2 N–H and O–H groups in total. The Labute approximate surface area is 91.4 Å². The van der Waals surface area contributed by atoms with Crippen LogP contribution in [0.4, 0.5) is 5.82 Å². The molecule has 0 spiro atoms. The molecule has 0 aliphatic heterocycles. The predicted octanol–water partition coefficient (Wildman–Crippen LogP) is -0.462. The second kappa shape index (κ2) is 3.26. The smallest absolute Gasteiger partial charge is 0.173 e. The quantitative estimate of drug-likeness (QED) is 0.751. The van der Waals surface area contributed by atoms with Crippen LogP contribution >= 0.6 is 0 Å².